The number of aliphatic hydroxyl groups excluding tert-OH is 1. The molecule has 1 fully saturated rings. The van der Waals surface area contributed by atoms with Crippen molar-refractivity contribution in [1.82, 2.24) is 9.97 Å². The van der Waals surface area contributed by atoms with Gasteiger partial charge < -0.3 is 10.4 Å². The van der Waals surface area contributed by atoms with E-state index in [9.17, 15) is 0 Å². The van der Waals surface area contributed by atoms with E-state index in [1.807, 2.05) is 6.07 Å². The van der Waals surface area contributed by atoms with Gasteiger partial charge in [-0.25, -0.2) is 9.97 Å². The van der Waals surface area contributed by atoms with Gasteiger partial charge in [0.2, 0.25) is 0 Å². The van der Waals surface area contributed by atoms with Crippen LogP contribution in [0.4, 0.5) is 5.82 Å². The van der Waals surface area contributed by atoms with Crippen LogP contribution in [0.5, 0.6) is 0 Å². The predicted octanol–water partition coefficient (Wildman–Crippen LogP) is 1.15. The summed E-state index contributed by atoms with van der Waals surface area (Å²) in [5.74, 6) is 2.31. The van der Waals surface area contributed by atoms with E-state index in [0.29, 0.717) is 12.5 Å². The normalized spacial score (nSPS) is 17.9. The Bertz CT molecular complexity index is 310. The number of hydrogen-bond acceptors (Lipinski definition) is 4. The first-order chi connectivity index (χ1) is 6.75. The molecule has 4 nitrogen and oxygen atoms in total. The van der Waals surface area contributed by atoms with Gasteiger partial charge in [-0.3, -0.25) is 0 Å². The fraction of sp³-hybridized carbons (Fsp3) is 0.600. The summed E-state index contributed by atoms with van der Waals surface area (Å²) in [5, 5.41) is 12.2. The molecule has 1 atom stereocenters. The fourth-order valence-electron chi connectivity index (χ4n) is 1.26. The fourth-order valence-corrected chi connectivity index (χ4v) is 1.26. The van der Waals surface area contributed by atoms with Gasteiger partial charge in [-0.2, -0.15) is 0 Å². The van der Waals surface area contributed by atoms with Gasteiger partial charge in [-0.1, -0.05) is 0 Å². The maximum absolute atomic E-state index is 9.10. The Labute approximate surface area is 83.4 Å². The zero-order chi connectivity index (χ0) is 9.97. The van der Waals surface area contributed by atoms with Gasteiger partial charge in [0.25, 0.3) is 0 Å². The van der Waals surface area contributed by atoms with Gasteiger partial charge in [0, 0.05) is 18.7 Å². The smallest absolute Gasteiger partial charge is 0.133 e. The van der Waals surface area contributed by atoms with Crippen molar-refractivity contribution in [1.29, 1.82) is 0 Å². The lowest BCUT2D eigenvalue weighted by Crippen LogP contribution is -2.16. The minimum absolute atomic E-state index is 0.352. The molecule has 1 aliphatic carbocycles. The molecule has 1 aliphatic rings. The number of aliphatic hydroxyl groups is 1. The molecule has 2 rings (SSSR count). The number of nitrogens with one attached hydrogen (secondary N) is 1. The van der Waals surface area contributed by atoms with E-state index in [4.69, 9.17) is 5.11 Å². The van der Waals surface area contributed by atoms with E-state index in [1.54, 1.807) is 13.1 Å². The maximum atomic E-state index is 9.10. The summed E-state index contributed by atoms with van der Waals surface area (Å²) in [6.07, 6.45) is 3.83. The number of anilines is 1. The molecule has 1 saturated carbocycles. The van der Waals surface area contributed by atoms with Crippen LogP contribution in [0.3, 0.4) is 0 Å². The van der Waals surface area contributed by atoms with Crippen molar-refractivity contribution in [2.24, 2.45) is 0 Å². The van der Waals surface area contributed by atoms with Crippen molar-refractivity contribution in [3.63, 3.8) is 0 Å². The highest BCUT2D eigenvalue weighted by Gasteiger charge is 2.26. The molecule has 0 amide bonds. The number of aromatic nitrogens is 2. The molecule has 0 spiro atoms. The van der Waals surface area contributed by atoms with Gasteiger partial charge >= 0.3 is 0 Å². The Kier molecular flexibility index (Phi) is 2.63. The molecular formula is C10H15N3O. The molecule has 1 aromatic heterocycles. The summed E-state index contributed by atoms with van der Waals surface area (Å²) in [6, 6.07) is 1.83. The van der Waals surface area contributed by atoms with Crippen molar-refractivity contribution >= 4 is 5.82 Å². The molecule has 1 heterocycles. The first kappa shape index (κ1) is 9.40. The molecule has 1 unspecified atom stereocenters. The van der Waals surface area contributed by atoms with Crippen molar-refractivity contribution < 1.29 is 5.11 Å². The van der Waals surface area contributed by atoms with Crippen LogP contribution in [-0.4, -0.2) is 27.7 Å². The van der Waals surface area contributed by atoms with E-state index in [-0.39, 0.29) is 6.10 Å². The third-order valence-corrected chi connectivity index (χ3v) is 2.20. The summed E-state index contributed by atoms with van der Waals surface area (Å²) < 4.78 is 0. The van der Waals surface area contributed by atoms with E-state index in [1.165, 1.54) is 12.8 Å². The van der Waals surface area contributed by atoms with Crippen LogP contribution in [-0.2, 0) is 0 Å². The molecular weight excluding hydrogens is 178 g/mol. The van der Waals surface area contributed by atoms with Gasteiger partial charge in [-0.15, -0.1) is 0 Å². The van der Waals surface area contributed by atoms with Crippen LogP contribution >= 0.6 is 0 Å². The molecule has 0 saturated heterocycles. The zero-order valence-electron chi connectivity index (χ0n) is 8.27. The Morgan fingerprint density at radius 1 is 1.64 bits per heavy atom. The predicted molar refractivity (Wildman–Crippen MR) is 54.2 cm³/mol. The minimum atomic E-state index is -0.352. The number of nitrogens with zero attached hydrogens (tertiary/aromatic N) is 2. The standard InChI is InChI=1S/C10H15N3O/c1-7(14)6-12-9-4-5-11-10(13-9)8-2-3-8/h4-5,7-8,14H,2-3,6H2,1H3,(H,11,12,13). The van der Waals surface area contributed by atoms with E-state index < -0.39 is 0 Å². The topological polar surface area (TPSA) is 58.0 Å². The Morgan fingerprint density at radius 2 is 2.43 bits per heavy atom. The monoisotopic (exact) mass is 193 g/mol. The highest BCUT2D eigenvalue weighted by atomic mass is 16.3. The highest BCUT2D eigenvalue weighted by molar-refractivity contribution is 5.33. The highest BCUT2D eigenvalue weighted by Crippen LogP contribution is 2.37. The Balaban J connectivity index is 1.99. The summed E-state index contributed by atoms with van der Waals surface area (Å²) in [4.78, 5) is 8.59. The van der Waals surface area contributed by atoms with E-state index in [0.717, 1.165) is 11.6 Å². The lowest BCUT2D eigenvalue weighted by atomic mass is 10.3. The third-order valence-electron chi connectivity index (χ3n) is 2.20. The van der Waals surface area contributed by atoms with Crippen LogP contribution in [0.25, 0.3) is 0 Å². The van der Waals surface area contributed by atoms with Gasteiger partial charge in [0.05, 0.1) is 6.10 Å². The molecule has 14 heavy (non-hydrogen) atoms. The largest absolute Gasteiger partial charge is 0.392 e. The molecule has 4 heteroatoms. The van der Waals surface area contributed by atoms with E-state index in [2.05, 4.69) is 15.3 Å². The second-order valence-electron chi connectivity index (χ2n) is 3.80. The summed E-state index contributed by atoms with van der Waals surface area (Å²) in [7, 11) is 0. The van der Waals surface area contributed by atoms with Crippen LogP contribution in [0.15, 0.2) is 12.3 Å². The average molecular weight is 193 g/mol. The first-order valence-electron chi connectivity index (χ1n) is 5.00. The second kappa shape index (κ2) is 3.92. The number of rotatable bonds is 4. The van der Waals surface area contributed by atoms with Crippen molar-refractivity contribution in [3.8, 4) is 0 Å². The van der Waals surface area contributed by atoms with Crippen molar-refractivity contribution in [3.05, 3.63) is 18.1 Å². The van der Waals surface area contributed by atoms with Gasteiger partial charge in [0.15, 0.2) is 0 Å². The molecule has 0 radical (unpaired) electrons. The molecule has 0 aliphatic heterocycles. The zero-order valence-corrected chi connectivity index (χ0v) is 8.27. The summed E-state index contributed by atoms with van der Waals surface area (Å²) in [5.41, 5.74) is 0. The van der Waals surface area contributed by atoms with E-state index >= 15 is 0 Å². The number of hydrogen-bond donors (Lipinski definition) is 2. The molecule has 0 bridgehead atoms. The quantitative estimate of drug-likeness (QED) is 0.753. The summed E-state index contributed by atoms with van der Waals surface area (Å²) in [6.45, 7) is 2.27. The first-order valence-corrected chi connectivity index (χ1v) is 5.00. The lowest BCUT2D eigenvalue weighted by molar-refractivity contribution is 0.208. The van der Waals surface area contributed by atoms with Crippen LogP contribution in [0.1, 0.15) is 31.5 Å². The molecule has 2 N–H and O–H groups in total. The minimum Gasteiger partial charge on any atom is -0.392 e. The molecule has 76 valence electrons. The van der Waals surface area contributed by atoms with Gasteiger partial charge in [0.1, 0.15) is 11.6 Å². The maximum Gasteiger partial charge on any atom is 0.133 e. The van der Waals surface area contributed by atoms with Crippen molar-refractivity contribution in [2.75, 3.05) is 11.9 Å². The molecule has 1 aromatic rings. The van der Waals surface area contributed by atoms with Crippen LogP contribution in [0, 0.1) is 0 Å². The van der Waals surface area contributed by atoms with Gasteiger partial charge in [-0.05, 0) is 25.8 Å². The third kappa shape index (κ3) is 2.42. The SMILES string of the molecule is CC(O)CNc1ccnc(C2CC2)n1. The van der Waals surface area contributed by atoms with Crippen LogP contribution in [0.2, 0.25) is 0 Å². The second-order valence-corrected chi connectivity index (χ2v) is 3.80. The van der Waals surface area contributed by atoms with Crippen molar-refractivity contribution in [2.45, 2.75) is 31.8 Å². The Hall–Kier alpha value is -1.16. The lowest BCUT2D eigenvalue weighted by Gasteiger charge is -2.07. The Morgan fingerprint density at radius 3 is 3.07 bits per heavy atom. The van der Waals surface area contributed by atoms with Crippen LogP contribution < -0.4 is 5.32 Å². The summed E-state index contributed by atoms with van der Waals surface area (Å²) >= 11 is 0. The average Bonchev–Trinajstić information content (AvgIpc) is 2.98. The molecule has 0 aromatic carbocycles.